The monoisotopic (exact) mass is 308 g/mol. The Bertz CT molecular complexity index is 475. The van der Waals surface area contributed by atoms with Crippen LogP contribution in [0.4, 0.5) is 10.5 Å². The number of ether oxygens (including phenoxy) is 1. The minimum atomic E-state index is -0.254. The van der Waals surface area contributed by atoms with Crippen molar-refractivity contribution in [1.29, 1.82) is 0 Å². The highest BCUT2D eigenvalue weighted by Crippen LogP contribution is 2.25. The number of anilines is 1. The summed E-state index contributed by atoms with van der Waals surface area (Å²) in [6, 6.07) is 5.38. The molecule has 1 atom stereocenters. The van der Waals surface area contributed by atoms with E-state index >= 15 is 0 Å². The molecule has 0 fully saturated rings. The van der Waals surface area contributed by atoms with Gasteiger partial charge in [-0.15, -0.1) is 0 Å². The van der Waals surface area contributed by atoms with Gasteiger partial charge in [0.25, 0.3) is 0 Å². The zero-order valence-corrected chi connectivity index (χ0v) is 14.0. The molecule has 0 heterocycles. The second-order valence-electron chi connectivity index (χ2n) is 6.05. The summed E-state index contributed by atoms with van der Waals surface area (Å²) in [7, 11) is 1.58. The van der Waals surface area contributed by atoms with Crippen LogP contribution in [0.15, 0.2) is 18.2 Å². The Morgan fingerprint density at radius 3 is 2.68 bits per heavy atom. The van der Waals surface area contributed by atoms with Crippen LogP contribution in [-0.4, -0.2) is 31.4 Å². The van der Waals surface area contributed by atoms with E-state index in [4.69, 9.17) is 9.84 Å². The van der Waals surface area contributed by atoms with Gasteiger partial charge < -0.3 is 20.5 Å². The first-order chi connectivity index (χ1) is 10.5. The Labute approximate surface area is 133 Å². The molecule has 1 aromatic carbocycles. The van der Waals surface area contributed by atoms with Crippen molar-refractivity contribution in [2.75, 3.05) is 25.6 Å². The summed E-state index contributed by atoms with van der Waals surface area (Å²) in [6.45, 7) is 6.94. The lowest BCUT2D eigenvalue weighted by molar-refractivity contribution is 0.231. The molecular formula is C17H28N2O3. The zero-order valence-electron chi connectivity index (χ0n) is 14.0. The van der Waals surface area contributed by atoms with E-state index in [2.05, 4.69) is 24.5 Å². The number of urea groups is 1. The molecule has 22 heavy (non-hydrogen) atoms. The number of benzene rings is 1. The van der Waals surface area contributed by atoms with Crippen LogP contribution >= 0.6 is 0 Å². The van der Waals surface area contributed by atoms with Crippen molar-refractivity contribution in [3.63, 3.8) is 0 Å². The smallest absolute Gasteiger partial charge is 0.319 e. The molecule has 0 radical (unpaired) electrons. The average Bonchev–Trinajstić information content (AvgIpc) is 2.45. The van der Waals surface area contributed by atoms with Gasteiger partial charge in [-0.05, 0) is 49.3 Å². The van der Waals surface area contributed by atoms with Crippen LogP contribution in [0.2, 0.25) is 0 Å². The second kappa shape index (κ2) is 9.30. The van der Waals surface area contributed by atoms with Gasteiger partial charge in [0, 0.05) is 13.2 Å². The summed E-state index contributed by atoms with van der Waals surface area (Å²) in [5.41, 5.74) is 1.71. The topological polar surface area (TPSA) is 70.6 Å². The van der Waals surface area contributed by atoms with E-state index in [1.165, 1.54) is 0 Å². The van der Waals surface area contributed by atoms with Crippen LogP contribution < -0.4 is 15.4 Å². The molecule has 124 valence electrons. The minimum absolute atomic E-state index is 0.145. The fourth-order valence-electron chi connectivity index (χ4n) is 2.48. The molecule has 0 aliphatic rings. The SMILES string of the molecule is COc1ccc(C)cc1NC(=O)NCC(CCO)CC(C)C. The molecule has 1 aromatic rings. The van der Waals surface area contributed by atoms with Gasteiger partial charge in [-0.2, -0.15) is 0 Å². The molecule has 5 nitrogen and oxygen atoms in total. The van der Waals surface area contributed by atoms with Crippen LogP contribution in [0.25, 0.3) is 0 Å². The third-order valence-electron chi connectivity index (χ3n) is 3.50. The van der Waals surface area contributed by atoms with Gasteiger partial charge in [0.15, 0.2) is 0 Å². The molecular weight excluding hydrogens is 280 g/mol. The van der Waals surface area contributed by atoms with Crippen LogP contribution in [-0.2, 0) is 0 Å². The molecule has 0 bridgehead atoms. The molecule has 0 saturated carbocycles. The fraction of sp³-hybridized carbons (Fsp3) is 0.588. The quantitative estimate of drug-likeness (QED) is 0.691. The lowest BCUT2D eigenvalue weighted by Crippen LogP contribution is -2.34. The van der Waals surface area contributed by atoms with Gasteiger partial charge >= 0.3 is 6.03 Å². The van der Waals surface area contributed by atoms with Gasteiger partial charge in [0.1, 0.15) is 5.75 Å². The number of methoxy groups -OCH3 is 1. The fourth-order valence-corrected chi connectivity index (χ4v) is 2.48. The van der Waals surface area contributed by atoms with E-state index in [9.17, 15) is 4.79 Å². The number of carbonyl (C=O) groups is 1. The maximum Gasteiger partial charge on any atom is 0.319 e. The number of rotatable bonds is 8. The van der Waals surface area contributed by atoms with Crippen molar-refractivity contribution >= 4 is 11.7 Å². The first-order valence-corrected chi connectivity index (χ1v) is 7.76. The van der Waals surface area contributed by atoms with Crippen molar-refractivity contribution in [2.45, 2.75) is 33.6 Å². The molecule has 3 N–H and O–H groups in total. The molecule has 1 rings (SSSR count). The number of hydrogen-bond donors (Lipinski definition) is 3. The van der Waals surface area contributed by atoms with Crippen molar-refractivity contribution in [1.82, 2.24) is 5.32 Å². The van der Waals surface area contributed by atoms with Gasteiger partial charge in [-0.3, -0.25) is 0 Å². The lowest BCUT2D eigenvalue weighted by Gasteiger charge is -2.19. The average molecular weight is 308 g/mol. The Morgan fingerprint density at radius 1 is 1.36 bits per heavy atom. The maximum atomic E-state index is 12.0. The Morgan fingerprint density at radius 2 is 2.09 bits per heavy atom. The lowest BCUT2D eigenvalue weighted by atomic mass is 9.94. The molecule has 0 spiro atoms. The van der Waals surface area contributed by atoms with E-state index in [1.54, 1.807) is 7.11 Å². The number of aryl methyl sites for hydroxylation is 1. The van der Waals surface area contributed by atoms with E-state index in [0.29, 0.717) is 30.3 Å². The van der Waals surface area contributed by atoms with Crippen LogP contribution in [0, 0.1) is 18.8 Å². The number of hydrogen-bond acceptors (Lipinski definition) is 3. The summed E-state index contributed by atoms with van der Waals surface area (Å²) in [4.78, 5) is 12.0. The van der Waals surface area contributed by atoms with E-state index in [-0.39, 0.29) is 18.6 Å². The second-order valence-corrected chi connectivity index (χ2v) is 6.05. The van der Waals surface area contributed by atoms with E-state index in [1.807, 2.05) is 25.1 Å². The molecule has 0 saturated heterocycles. The third-order valence-corrected chi connectivity index (χ3v) is 3.50. The third kappa shape index (κ3) is 6.35. The predicted octanol–water partition coefficient (Wildman–Crippen LogP) is 3.17. The highest BCUT2D eigenvalue weighted by atomic mass is 16.5. The highest BCUT2D eigenvalue weighted by molar-refractivity contribution is 5.91. The van der Waals surface area contributed by atoms with Gasteiger partial charge in [0.2, 0.25) is 0 Å². The summed E-state index contributed by atoms with van der Waals surface area (Å²) in [5.74, 6) is 1.46. The Balaban J connectivity index is 2.56. The van der Waals surface area contributed by atoms with E-state index < -0.39 is 0 Å². The molecule has 0 aromatic heterocycles. The Hall–Kier alpha value is -1.75. The predicted molar refractivity (Wildman–Crippen MR) is 89.4 cm³/mol. The van der Waals surface area contributed by atoms with Gasteiger partial charge in [-0.25, -0.2) is 4.79 Å². The number of carbonyl (C=O) groups excluding carboxylic acids is 1. The maximum absolute atomic E-state index is 12.0. The van der Waals surface area contributed by atoms with Gasteiger partial charge in [0.05, 0.1) is 12.8 Å². The molecule has 0 aliphatic heterocycles. The number of aliphatic hydroxyl groups is 1. The van der Waals surface area contributed by atoms with Crippen molar-refractivity contribution in [3.05, 3.63) is 23.8 Å². The van der Waals surface area contributed by atoms with Crippen molar-refractivity contribution < 1.29 is 14.6 Å². The summed E-state index contributed by atoms with van der Waals surface area (Å²) < 4.78 is 5.24. The zero-order chi connectivity index (χ0) is 16.5. The first-order valence-electron chi connectivity index (χ1n) is 7.76. The van der Waals surface area contributed by atoms with Crippen LogP contribution in [0.3, 0.4) is 0 Å². The molecule has 2 amide bonds. The van der Waals surface area contributed by atoms with Gasteiger partial charge in [-0.1, -0.05) is 19.9 Å². The first kappa shape index (κ1) is 18.3. The van der Waals surface area contributed by atoms with E-state index in [0.717, 1.165) is 12.0 Å². The normalized spacial score (nSPS) is 12.1. The number of aliphatic hydroxyl groups excluding tert-OH is 1. The molecule has 5 heteroatoms. The molecule has 1 unspecified atom stereocenters. The Kier molecular flexibility index (Phi) is 7.74. The highest BCUT2D eigenvalue weighted by Gasteiger charge is 2.13. The van der Waals surface area contributed by atoms with Crippen molar-refractivity contribution in [3.8, 4) is 5.75 Å². The molecule has 0 aliphatic carbocycles. The summed E-state index contributed by atoms with van der Waals surface area (Å²) in [6.07, 6.45) is 1.68. The van der Waals surface area contributed by atoms with Crippen LogP contribution in [0.1, 0.15) is 32.3 Å². The summed E-state index contributed by atoms with van der Waals surface area (Å²) >= 11 is 0. The largest absolute Gasteiger partial charge is 0.495 e. The summed E-state index contributed by atoms with van der Waals surface area (Å²) in [5, 5.41) is 14.8. The van der Waals surface area contributed by atoms with Crippen LogP contribution in [0.5, 0.6) is 5.75 Å². The number of amides is 2. The standard InChI is InChI=1S/C17H28N2O3/c1-12(2)9-14(7-8-20)11-18-17(21)19-15-10-13(3)5-6-16(15)22-4/h5-6,10,12,14,20H,7-9,11H2,1-4H3,(H2,18,19,21). The van der Waals surface area contributed by atoms with Crippen molar-refractivity contribution in [2.24, 2.45) is 11.8 Å². The minimum Gasteiger partial charge on any atom is -0.495 e. The number of nitrogens with one attached hydrogen (secondary N) is 2.